The zero-order valence-electron chi connectivity index (χ0n) is 16.1. The minimum atomic E-state index is -0.333. The van der Waals surface area contributed by atoms with E-state index in [1.807, 2.05) is 24.3 Å². The van der Waals surface area contributed by atoms with Gasteiger partial charge in [0.15, 0.2) is 6.61 Å². The first kappa shape index (κ1) is 20.8. The van der Waals surface area contributed by atoms with Crippen LogP contribution in [-0.4, -0.2) is 27.6 Å². The number of benzene rings is 2. The molecule has 0 fully saturated rings. The fourth-order valence-electron chi connectivity index (χ4n) is 2.82. The van der Waals surface area contributed by atoms with E-state index in [9.17, 15) is 4.79 Å². The number of aromatic nitrogens is 3. The van der Waals surface area contributed by atoms with Gasteiger partial charge in [-0.15, -0.1) is 0 Å². The van der Waals surface area contributed by atoms with Crippen molar-refractivity contribution in [3.63, 3.8) is 0 Å². The highest BCUT2D eigenvalue weighted by atomic mass is 35.5. The van der Waals surface area contributed by atoms with Gasteiger partial charge in [0, 0.05) is 28.7 Å². The molecule has 2 heterocycles. The monoisotopic (exact) mass is 454 g/mol. The highest BCUT2D eigenvalue weighted by Gasteiger charge is 2.13. The quantitative estimate of drug-likeness (QED) is 0.420. The number of hydrogen-bond donors (Lipinski definition) is 1. The summed E-state index contributed by atoms with van der Waals surface area (Å²) >= 11 is 11.9. The molecule has 0 unspecified atom stereocenters. The lowest BCUT2D eigenvalue weighted by atomic mass is 10.1. The molecule has 0 saturated heterocycles. The van der Waals surface area contributed by atoms with Crippen LogP contribution in [-0.2, 0) is 11.2 Å². The second kappa shape index (κ2) is 9.59. The molecule has 31 heavy (non-hydrogen) atoms. The van der Waals surface area contributed by atoms with Crippen molar-refractivity contribution in [2.75, 3.05) is 11.9 Å². The van der Waals surface area contributed by atoms with Crippen molar-refractivity contribution in [2.45, 2.75) is 6.42 Å². The molecule has 0 aliphatic heterocycles. The Kier molecular flexibility index (Phi) is 6.45. The second-order valence-electron chi connectivity index (χ2n) is 6.50. The molecule has 0 aliphatic carbocycles. The molecule has 9 heteroatoms. The number of para-hydroxylation sites is 1. The standard InChI is InChI=1S/C22H16Cl2N4O3/c23-16-7-8-19(17(24)11-16)30-13-20(29)26-18-6-2-1-4-14(18)10-21-27-22(28-31-21)15-5-3-9-25-12-15/h1-9,11-12H,10,13H2,(H,26,29). The largest absolute Gasteiger partial charge is 0.482 e. The number of ether oxygens (including phenoxy) is 1. The summed E-state index contributed by atoms with van der Waals surface area (Å²) in [6, 6.07) is 15.8. The maximum atomic E-state index is 12.4. The number of carbonyl (C=O) groups excluding carboxylic acids is 1. The number of halogens is 2. The molecule has 0 radical (unpaired) electrons. The Morgan fingerprint density at radius 3 is 2.77 bits per heavy atom. The van der Waals surface area contributed by atoms with Crippen molar-refractivity contribution in [3.05, 3.63) is 88.5 Å². The molecule has 0 aliphatic rings. The first-order valence-corrected chi connectivity index (χ1v) is 10.0. The summed E-state index contributed by atoms with van der Waals surface area (Å²) in [4.78, 5) is 20.9. The first-order valence-electron chi connectivity index (χ1n) is 9.27. The molecular weight excluding hydrogens is 439 g/mol. The van der Waals surface area contributed by atoms with Gasteiger partial charge in [-0.3, -0.25) is 9.78 Å². The van der Waals surface area contributed by atoms with Gasteiger partial charge in [-0.05, 0) is 42.0 Å². The zero-order chi connectivity index (χ0) is 21.6. The first-order chi connectivity index (χ1) is 15.1. The summed E-state index contributed by atoms with van der Waals surface area (Å²) in [7, 11) is 0. The molecule has 2 aromatic heterocycles. The van der Waals surface area contributed by atoms with Gasteiger partial charge in [0.1, 0.15) is 5.75 Å². The lowest BCUT2D eigenvalue weighted by Crippen LogP contribution is -2.21. The third-order valence-electron chi connectivity index (χ3n) is 4.27. The van der Waals surface area contributed by atoms with Gasteiger partial charge in [-0.2, -0.15) is 4.98 Å². The van der Waals surface area contributed by atoms with E-state index in [1.165, 1.54) is 0 Å². The van der Waals surface area contributed by atoms with Crippen molar-refractivity contribution >= 4 is 34.8 Å². The molecule has 0 spiro atoms. The Morgan fingerprint density at radius 1 is 1.10 bits per heavy atom. The Balaban J connectivity index is 1.41. The van der Waals surface area contributed by atoms with E-state index in [0.29, 0.717) is 39.6 Å². The Labute approximate surface area is 188 Å². The summed E-state index contributed by atoms with van der Waals surface area (Å²) in [5, 5.41) is 7.66. The normalized spacial score (nSPS) is 10.6. The Bertz CT molecular complexity index is 1200. The summed E-state index contributed by atoms with van der Waals surface area (Å²) in [5.74, 6) is 0.922. The number of nitrogens with one attached hydrogen (secondary N) is 1. The van der Waals surface area contributed by atoms with Crippen molar-refractivity contribution in [1.82, 2.24) is 15.1 Å². The Morgan fingerprint density at radius 2 is 1.97 bits per heavy atom. The van der Waals surface area contributed by atoms with Gasteiger partial charge in [0.2, 0.25) is 11.7 Å². The molecule has 1 amide bonds. The summed E-state index contributed by atoms with van der Waals surface area (Å²) < 4.78 is 10.8. The van der Waals surface area contributed by atoms with E-state index in [4.69, 9.17) is 32.5 Å². The number of nitrogens with zero attached hydrogens (tertiary/aromatic N) is 3. The van der Waals surface area contributed by atoms with Crippen molar-refractivity contribution in [1.29, 1.82) is 0 Å². The average Bonchev–Trinajstić information content (AvgIpc) is 3.24. The van der Waals surface area contributed by atoms with Crippen LogP contribution in [0.5, 0.6) is 5.75 Å². The highest BCUT2D eigenvalue weighted by molar-refractivity contribution is 6.35. The third-order valence-corrected chi connectivity index (χ3v) is 4.80. The highest BCUT2D eigenvalue weighted by Crippen LogP contribution is 2.27. The van der Waals surface area contributed by atoms with Gasteiger partial charge in [0.05, 0.1) is 11.4 Å². The van der Waals surface area contributed by atoms with Gasteiger partial charge in [0.25, 0.3) is 5.91 Å². The smallest absolute Gasteiger partial charge is 0.262 e. The van der Waals surface area contributed by atoms with E-state index in [0.717, 1.165) is 11.1 Å². The van der Waals surface area contributed by atoms with Crippen LogP contribution in [0.2, 0.25) is 10.0 Å². The number of hydrogen-bond acceptors (Lipinski definition) is 6. The zero-order valence-corrected chi connectivity index (χ0v) is 17.6. The average molecular weight is 455 g/mol. The molecule has 0 saturated carbocycles. The number of amides is 1. The summed E-state index contributed by atoms with van der Waals surface area (Å²) in [5.41, 5.74) is 2.21. The van der Waals surface area contributed by atoms with Crippen LogP contribution in [0.3, 0.4) is 0 Å². The Hall–Kier alpha value is -3.42. The van der Waals surface area contributed by atoms with Crippen molar-refractivity contribution < 1.29 is 14.1 Å². The molecule has 4 aromatic rings. The third kappa shape index (κ3) is 5.39. The van der Waals surface area contributed by atoms with Crippen molar-refractivity contribution in [2.24, 2.45) is 0 Å². The van der Waals surface area contributed by atoms with E-state index < -0.39 is 0 Å². The molecule has 2 aromatic carbocycles. The fourth-order valence-corrected chi connectivity index (χ4v) is 3.28. The van der Waals surface area contributed by atoms with E-state index >= 15 is 0 Å². The molecule has 0 atom stereocenters. The van der Waals surface area contributed by atoms with Gasteiger partial charge in [-0.25, -0.2) is 0 Å². The van der Waals surface area contributed by atoms with Gasteiger partial charge < -0.3 is 14.6 Å². The van der Waals surface area contributed by atoms with Crippen LogP contribution in [0.4, 0.5) is 5.69 Å². The van der Waals surface area contributed by atoms with E-state index in [-0.39, 0.29) is 12.5 Å². The van der Waals surface area contributed by atoms with Crippen LogP contribution in [0, 0.1) is 0 Å². The maximum absolute atomic E-state index is 12.4. The predicted octanol–water partition coefficient (Wildman–Crippen LogP) is 5.05. The van der Waals surface area contributed by atoms with E-state index in [2.05, 4.69) is 20.4 Å². The van der Waals surface area contributed by atoms with E-state index in [1.54, 1.807) is 42.7 Å². The van der Waals surface area contributed by atoms with Crippen LogP contribution < -0.4 is 10.1 Å². The summed E-state index contributed by atoms with van der Waals surface area (Å²) in [6.07, 6.45) is 3.69. The number of pyridine rings is 1. The minimum absolute atomic E-state index is 0.207. The van der Waals surface area contributed by atoms with Crippen LogP contribution in [0.1, 0.15) is 11.5 Å². The molecule has 156 valence electrons. The van der Waals surface area contributed by atoms with Crippen LogP contribution in [0.15, 0.2) is 71.5 Å². The topological polar surface area (TPSA) is 90.1 Å². The van der Waals surface area contributed by atoms with Crippen molar-refractivity contribution in [3.8, 4) is 17.1 Å². The number of rotatable bonds is 7. The minimum Gasteiger partial charge on any atom is -0.482 e. The van der Waals surface area contributed by atoms with Gasteiger partial charge >= 0.3 is 0 Å². The second-order valence-corrected chi connectivity index (χ2v) is 7.34. The number of anilines is 1. The summed E-state index contributed by atoms with van der Waals surface area (Å²) in [6.45, 7) is -0.207. The SMILES string of the molecule is O=C(COc1ccc(Cl)cc1Cl)Nc1ccccc1Cc1nc(-c2cccnc2)no1. The number of carbonyl (C=O) groups is 1. The maximum Gasteiger partial charge on any atom is 0.262 e. The molecule has 1 N–H and O–H groups in total. The van der Waals surface area contributed by atoms with Gasteiger partial charge in [-0.1, -0.05) is 46.6 Å². The predicted molar refractivity (Wildman–Crippen MR) is 117 cm³/mol. The molecular formula is C22H16Cl2N4O3. The molecule has 7 nitrogen and oxygen atoms in total. The van der Waals surface area contributed by atoms with Crippen LogP contribution in [0.25, 0.3) is 11.4 Å². The lowest BCUT2D eigenvalue weighted by Gasteiger charge is -2.11. The fraction of sp³-hybridized carbons (Fsp3) is 0.0909. The lowest BCUT2D eigenvalue weighted by molar-refractivity contribution is -0.118. The molecule has 0 bridgehead atoms. The van der Waals surface area contributed by atoms with Crippen LogP contribution >= 0.6 is 23.2 Å². The molecule has 4 rings (SSSR count).